The predicted octanol–water partition coefficient (Wildman–Crippen LogP) is 6.08. The summed E-state index contributed by atoms with van der Waals surface area (Å²) in [6, 6.07) is 12.7. The molecule has 0 aliphatic carbocycles. The summed E-state index contributed by atoms with van der Waals surface area (Å²) < 4.78 is 16.2. The summed E-state index contributed by atoms with van der Waals surface area (Å²) in [5.41, 5.74) is 1.07. The number of methoxy groups -OCH3 is 1. The topological polar surface area (TPSA) is 111 Å². The molecule has 40 heavy (non-hydrogen) atoms. The quantitative estimate of drug-likeness (QED) is 0.189. The van der Waals surface area contributed by atoms with Crippen LogP contribution in [-0.2, 0) is 20.9 Å². The second kappa shape index (κ2) is 12.4. The first kappa shape index (κ1) is 28.9. The average molecular weight is 604 g/mol. The number of nitrogens with zero attached hydrogens (tertiary/aromatic N) is 1. The third-order valence-corrected chi connectivity index (χ3v) is 6.56. The van der Waals surface area contributed by atoms with Crippen LogP contribution in [0.15, 0.2) is 60.2 Å². The lowest BCUT2D eigenvalue weighted by Gasteiger charge is -2.26. The monoisotopic (exact) mass is 602 g/mol. The maximum Gasteiger partial charge on any atom is 0.338 e. The van der Waals surface area contributed by atoms with E-state index in [1.807, 2.05) is 0 Å². The molecule has 0 aromatic heterocycles. The van der Waals surface area contributed by atoms with Gasteiger partial charge in [0.1, 0.15) is 12.2 Å². The normalized spacial score (nSPS) is 14.3. The number of amides is 4. The van der Waals surface area contributed by atoms with Crippen LogP contribution < -0.4 is 19.7 Å². The van der Waals surface area contributed by atoms with Gasteiger partial charge >= 0.3 is 12.0 Å². The number of barbiturate groups is 1. The summed E-state index contributed by atoms with van der Waals surface area (Å²) in [5.74, 6) is -1.85. The van der Waals surface area contributed by atoms with Crippen LogP contribution in [0.2, 0.25) is 15.1 Å². The van der Waals surface area contributed by atoms with E-state index in [1.165, 1.54) is 49.6 Å². The van der Waals surface area contributed by atoms with Gasteiger partial charge in [0.2, 0.25) is 0 Å². The second-order valence-electron chi connectivity index (χ2n) is 8.28. The molecule has 0 radical (unpaired) electrons. The number of hydrogen-bond donors (Lipinski definition) is 1. The van der Waals surface area contributed by atoms with Crippen LogP contribution in [0.5, 0.6) is 11.5 Å². The summed E-state index contributed by atoms with van der Waals surface area (Å²) in [6.45, 7) is 1.94. The van der Waals surface area contributed by atoms with Crippen molar-refractivity contribution in [1.29, 1.82) is 0 Å². The first-order chi connectivity index (χ1) is 19.1. The average Bonchev–Trinajstić information content (AvgIpc) is 2.91. The lowest BCUT2D eigenvalue weighted by atomic mass is 10.1. The highest BCUT2D eigenvalue weighted by atomic mass is 35.5. The summed E-state index contributed by atoms with van der Waals surface area (Å²) in [6.07, 6.45) is 1.28. The van der Waals surface area contributed by atoms with Crippen LogP contribution >= 0.6 is 34.8 Å². The Labute approximate surface area is 244 Å². The standard InChI is InChI=1S/C28H21Cl3N2O7/c1-3-39-27(36)16-5-8-19(9-6-16)33-26(35)20(25(34)32-28(33)37)10-15-11-22(31)24(23(12-15)38-2)40-14-17-4-7-18(29)13-21(17)30/h4-13H,3,14H2,1-2H3,(H,32,34,37)/b20-10+. The van der Waals surface area contributed by atoms with E-state index in [1.54, 1.807) is 25.1 Å². The molecule has 0 saturated carbocycles. The van der Waals surface area contributed by atoms with Crippen molar-refractivity contribution >= 4 is 70.4 Å². The number of ether oxygens (including phenoxy) is 3. The number of esters is 1. The van der Waals surface area contributed by atoms with Crippen molar-refractivity contribution in [2.75, 3.05) is 18.6 Å². The zero-order chi connectivity index (χ0) is 29.0. The van der Waals surface area contributed by atoms with Crippen molar-refractivity contribution in [3.63, 3.8) is 0 Å². The Morgan fingerprint density at radius 2 is 1.70 bits per heavy atom. The minimum absolute atomic E-state index is 0.0689. The third kappa shape index (κ3) is 6.22. The van der Waals surface area contributed by atoms with Crippen LogP contribution in [0.1, 0.15) is 28.4 Å². The zero-order valence-corrected chi connectivity index (χ0v) is 23.4. The van der Waals surface area contributed by atoms with Gasteiger partial charge in [0.25, 0.3) is 11.8 Å². The largest absolute Gasteiger partial charge is 0.493 e. The lowest BCUT2D eigenvalue weighted by molar-refractivity contribution is -0.122. The molecule has 3 aromatic carbocycles. The highest BCUT2D eigenvalue weighted by Crippen LogP contribution is 2.38. The van der Waals surface area contributed by atoms with Gasteiger partial charge in [-0.2, -0.15) is 0 Å². The number of rotatable bonds is 8. The molecule has 1 aliphatic heterocycles. The van der Waals surface area contributed by atoms with Gasteiger partial charge in [-0.25, -0.2) is 14.5 Å². The Morgan fingerprint density at radius 3 is 2.35 bits per heavy atom. The highest BCUT2D eigenvalue weighted by Gasteiger charge is 2.37. The Balaban J connectivity index is 1.61. The van der Waals surface area contributed by atoms with Crippen LogP contribution in [-0.4, -0.2) is 37.5 Å². The summed E-state index contributed by atoms with van der Waals surface area (Å²) in [5, 5.41) is 3.19. The van der Waals surface area contributed by atoms with Gasteiger partial charge in [0.15, 0.2) is 11.5 Å². The van der Waals surface area contributed by atoms with Crippen LogP contribution in [0.4, 0.5) is 10.5 Å². The van der Waals surface area contributed by atoms with Crippen molar-refractivity contribution in [3.05, 3.63) is 91.9 Å². The first-order valence-electron chi connectivity index (χ1n) is 11.8. The lowest BCUT2D eigenvalue weighted by Crippen LogP contribution is -2.54. The molecular weight excluding hydrogens is 583 g/mol. The molecule has 1 heterocycles. The molecule has 0 spiro atoms. The van der Waals surface area contributed by atoms with Crippen LogP contribution in [0.25, 0.3) is 6.08 Å². The molecular formula is C28H21Cl3N2O7. The van der Waals surface area contributed by atoms with Crippen LogP contribution in [0.3, 0.4) is 0 Å². The number of nitrogens with one attached hydrogen (secondary N) is 1. The molecule has 4 amide bonds. The molecule has 206 valence electrons. The van der Waals surface area contributed by atoms with E-state index < -0.39 is 23.8 Å². The second-order valence-corrected chi connectivity index (χ2v) is 9.53. The molecule has 1 fully saturated rings. The fourth-order valence-corrected chi connectivity index (χ4v) is 4.51. The smallest absolute Gasteiger partial charge is 0.338 e. The van der Waals surface area contributed by atoms with Crippen molar-refractivity contribution in [2.24, 2.45) is 0 Å². The molecule has 4 rings (SSSR count). The SMILES string of the molecule is CCOC(=O)c1ccc(N2C(=O)NC(=O)/C(=C\c3cc(Cl)c(OCc4ccc(Cl)cc4Cl)c(OC)c3)C2=O)cc1. The van der Waals surface area contributed by atoms with E-state index in [2.05, 4.69) is 5.32 Å². The maximum atomic E-state index is 13.3. The number of benzene rings is 3. The number of halogens is 3. The molecule has 9 nitrogen and oxygen atoms in total. The molecule has 1 saturated heterocycles. The summed E-state index contributed by atoms with van der Waals surface area (Å²) in [4.78, 5) is 51.1. The van der Waals surface area contributed by atoms with Crippen molar-refractivity contribution < 1.29 is 33.4 Å². The molecule has 0 atom stereocenters. The van der Waals surface area contributed by atoms with E-state index in [0.717, 1.165) is 4.90 Å². The van der Waals surface area contributed by atoms with Crippen molar-refractivity contribution in [3.8, 4) is 11.5 Å². The number of anilines is 1. The van der Waals surface area contributed by atoms with Crippen molar-refractivity contribution in [1.82, 2.24) is 5.32 Å². The van der Waals surface area contributed by atoms with Gasteiger partial charge in [0.05, 0.1) is 30.0 Å². The number of carbonyl (C=O) groups excluding carboxylic acids is 4. The molecule has 12 heteroatoms. The molecule has 0 bridgehead atoms. The van der Waals surface area contributed by atoms with Crippen molar-refractivity contribution in [2.45, 2.75) is 13.5 Å². The zero-order valence-electron chi connectivity index (χ0n) is 21.1. The Kier molecular flexibility index (Phi) is 8.99. The van der Waals surface area contributed by atoms with Gasteiger partial charge in [-0.3, -0.25) is 14.9 Å². The number of imide groups is 2. The Hall–Kier alpha value is -4.05. The van der Waals surface area contributed by atoms with E-state index in [9.17, 15) is 19.2 Å². The Morgan fingerprint density at radius 1 is 0.975 bits per heavy atom. The summed E-state index contributed by atoms with van der Waals surface area (Å²) >= 11 is 18.6. The molecule has 1 aliphatic rings. The van der Waals surface area contributed by atoms with Gasteiger partial charge < -0.3 is 14.2 Å². The van der Waals surface area contributed by atoms with Crippen LogP contribution in [0, 0.1) is 0 Å². The predicted molar refractivity (Wildman–Crippen MR) is 150 cm³/mol. The van der Waals surface area contributed by atoms with E-state index in [4.69, 9.17) is 49.0 Å². The Bertz CT molecular complexity index is 1540. The van der Waals surface area contributed by atoms with E-state index in [-0.39, 0.29) is 46.6 Å². The third-order valence-electron chi connectivity index (χ3n) is 5.69. The van der Waals surface area contributed by atoms with Gasteiger partial charge in [0, 0.05) is 15.6 Å². The van der Waals surface area contributed by atoms with Gasteiger partial charge in [-0.05, 0) is 67.1 Å². The fraction of sp³-hybridized carbons (Fsp3) is 0.143. The fourth-order valence-electron chi connectivity index (χ4n) is 3.77. The maximum absolute atomic E-state index is 13.3. The molecule has 3 aromatic rings. The van der Waals surface area contributed by atoms with E-state index >= 15 is 0 Å². The molecule has 0 unspecified atom stereocenters. The molecule has 1 N–H and O–H groups in total. The first-order valence-corrected chi connectivity index (χ1v) is 12.9. The summed E-state index contributed by atoms with van der Waals surface area (Å²) in [7, 11) is 1.41. The number of urea groups is 1. The highest BCUT2D eigenvalue weighted by molar-refractivity contribution is 6.39. The number of hydrogen-bond acceptors (Lipinski definition) is 7. The number of carbonyl (C=O) groups is 4. The van der Waals surface area contributed by atoms with Gasteiger partial charge in [-0.15, -0.1) is 0 Å². The minimum atomic E-state index is -0.934. The van der Waals surface area contributed by atoms with E-state index in [0.29, 0.717) is 21.2 Å². The van der Waals surface area contributed by atoms with Gasteiger partial charge in [-0.1, -0.05) is 40.9 Å². The minimum Gasteiger partial charge on any atom is -0.493 e.